The van der Waals surface area contributed by atoms with Gasteiger partial charge in [0.05, 0.1) is 0 Å². The molecule has 2 saturated heterocycles. The van der Waals surface area contributed by atoms with E-state index in [0.29, 0.717) is 29.9 Å². The van der Waals surface area contributed by atoms with Crippen LogP contribution in [0.1, 0.15) is 43.1 Å². The van der Waals surface area contributed by atoms with Crippen molar-refractivity contribution in [2.75, 3.05) is 29.9 Å². The first-order valence-corrected chi connectivity index (χ1v) is 11.2. The minimum absolute atomic E-state index is 0.000432. The van der Waals surface area contributed by atoms with Crippen molar-refractivity contribution in [2.24, 2.45) is 5.73 Å². The van der Waals surface area contributed by atoms with Crippen molar-refractivity contribution in [3.05, 3.63) is 30.1 Å². The standard InChI is InChI=1S/C21H28N10O2/c1-21(18(33)24-13-5-2-8-23-12-13)7-4-10-31(21)20-26-16-6-3-9-30(16)19(27-20)25-15-11-14(17(22)32)28-29-15/h3,6,9,11,13,23H,2,4-5,7-8,10,12H2,1H3,(H2,22,32)(H,24,33)(H2,25,26,27,28,29)/t13?,21-/m0/s1. The van der Waals surface area contributed by atoms with Gasteiger partial charge in [-0.3, -0.25) is 19.1 Å². The number of rotatable bonds is 6. The molecular formula is C21H28N10O2. The van der Waals surface area contributed by atoms with Crippen molar-refractivity contribution in [3.8, 4) is 0 Å². The Hall–Kier alpha value is -3.67. The Bertz CT molecular complexity index is 1180. The van der Waals surface area contributed by atoms with Crippen molar-refractivity contribution in [2.45, 2.75) is 44.2 Å². The molecule has 0 bridgehead atoms. The van der Waals surface area contributed by atoms with Gasteiger partial charge in [-0.05, 0) is 51.3 Å². The number of carbonyl (C=O) groups is 2. The highest BCUT2D eigenvalue weighted by Gasteiger charge is 2.45. The number of H-pyrrole nitrogens is 1. The molecule has 2 amide bonds. The number of nitrogens with one attached hydrogen (secondary N) is 4. The van der Waals surface area contributed by atoms with Crippen LogP contribution in [-0.4, -0.2) is 67.6 Å². The molecule has 2 aliphatic rings. The van der Waals surface area contributed by atoms with Crippen LogP contribution in [0.2, 0.25) is 0 Å². The number of carbonyl (C=O) groups excluding carboxylic acids is 2. The van der Waals surface area contributed by atoms with Crippen LogP contribution in [0.25, 0.3) is 5.65 Å². The summed E-state index contributed by atoms with van der Waals surface area (Å²) in [6.07, 6.45) is 5.45. The van der Waals surface area contributed by atoms with Gasteiger partial charge in [-0.25, -0.2) is 0 Å². The van der Waals surface area contributed by atoms with Gasteiger partial charge in [0.25, 0.3) is 5.91 Å². The summed E-state index contributed by atoms with van der Waals surface area (Å²) in [5, 5.41) is 16.4. The molecule has 1 unspecified atom stereocenters. The zero-order chi connectivity index (χ0) is 23.0. The lowest BCUT2D eigenvalue weighted by atomic mass is 9.96. The fraction of sp³-hybridized carbons (Fsp3) is 0.476. The number of amides is 2. The summed E-state index contributed by atoms with van der Waals surface area (Å²) in [6, 6.07) is 5.39. The molecule has 2 aliphatic heterocycles. The minimum Gasteiger partial charge on any atom is -0.364 e. The van der Waals surface area contributed by atoms with E-state index in [1.165, 1.54) is 6.07 Å². The first-order valence-electron chi connectivity index (χ1n) is 11.2. The van der Waals surface area contributed by atoms with E-state index in [1.807, 2.05) is 30.2 Å². The van der Waals surface area contributed by atoms with Crippen LogP contribution in [0.4, 0.5) is 17.7 Å². The Morgan fingerprint density at radius 2 is 2.18 bits per heavy atom. The monoisotopic (exact) mass is 452 g/mol. The number of hydrogen-bond acceptors (Lipinski definition) is 8. The van der Waals surface area contributed by atoms with Gasteiger partial charge in [0.2, 0.25) is 17.8 Å². The summed E-state index contributed by atoms with van der Waals surface area (Å²) in [4.78, 5) is 36.2. The second-order valence-electron chi connectivity index (χ2n) is 8.79. The lowest BCUT2D eigenvalue weighted by Gasteiger charge is -2.36. The molecule has 33 heavy (non-hydrogen) atoms. The van der Waals surface area contributed by atoms with Crippen LogP contribution >= 0.6 is 0 Å². The maximum absolute atomic E-state index is 13.4. The first-order chi connectivity index (χ1) is 15.9. The van der Waals surface area contributed by atoms with Crippen molar-refractivity contribution < 1.29 is 9.59 Å². The molecule has 0 spiro atoms. The predicted octanol–water partition coefficient (Wildman–Crippen LogP) is 0.522. The van der Waals surface area contributed by atoms with Gasteiger partial charge < -0.3 is 26.6 Å². The molecule has 5 heterocycles. The molecule has 6 N–H and O–H groups in total. The molecule has 12 nitrogen and oxygen atoms in total. The lowest BCUT2D eigenvalue weighted by molar-refractivity contribution is -0.126. The number of aromatic nitrogens is 5. The van der Waals surface area contributed by atoms with Crippen LogP contribution in [0.15, 0.2) is 24.4 Å². The molecular weight excluding hydrogens is 424 g/mol. The second kappa shape index (κ2) is 8.35. The normalized spacial score (nSPS) is 23.1. The fourth-order valence-corrected chi connectivity index (χ4v) is 4.59. The molecule has 3 aromatic rings. The molecule has 174 valence electrons. The van der Waals surface area contributed by atoms with E-state index in [1.54, 1.807) is 4.40 Å². The number of nitrogens with zero attached hydrogens (tertiary/aromatic N) is 5. The van der Waals surface area contributed by atoms with Crippen LogP contribution in [-0.2, 0) is 4.79 Å². The third-order valence-corrected chi connectivity index (χ3v) is 6.46. The van der Waals surface area contributed by atoms with E-state index in [-0.39, 0.29) is 17.6 Å². The molecule has 2 atom stereocenters. The highest BCUT2D eigenvalue weighted by molar-refractivity contribution is 5.92. The van der Waals surface area contributed by atoms with E-state index in [0.717, 1.165) is 38.8 Å². The van der Waals surface area contributed by atoms with Gasteiger partial charge in [-0.15, -0.1) is 0 Å². The van der Waals surface area contributed by atoms with Gasteiger partial charge in [-0.2, -0.15) is 15.1 Å². The molecule has 12 heteroatoms. The van der Waals surface area contributed by atoms with Crippen molar-refractivity contribution >= 4 is 35.2 Å². The molecule has 3 aromatic heterocycles. The maximum Gasteiger partial charge on any atom is 0.266 e. The highest BCUT2D eigenvalue weighted by Crippen LogP contribution is 2.33. The summed E-state index contributed by atoms with van der Waals surface area (Å²) >= 11 is 0. The van der Waals surface area contributed by atoms with Crippen LogP contribution in [0.3, 0.4) is 0 Å². The Labute approximate surface area is 190 Å². The molecule has 0 saturated carbocycles. The van der Waals surface area contributed by atoms with E-state index >= 15 is 0 Å². The summed E-state index contributed by atoms with van der Waals surface area (Å²) in [5.41, 5.74) is 5.44. The average Bonchev–Trinajstić information content (AvgIpc) is 3.54. The van der Waals surface area contributed by atoms with Gasteiger partial charge in [0.15, 0.2) is 5.82 Å². The number of piperidine rings is 1. The fourth-order valence-electron chi connectivity index (χ4n) is 4.59. The summed E-state index contributed by atoms with van der Waals surface area (Å²) < 4.78 is 1.78. The van der Waals surface area contributed by atoms with Crippen molar-refractivity contribution in [1.29, 1.82) is 0 Å². The maximum atomic E-state index is 13.4. The first kappa shape index (κ1) is 21.2. The van der Waals surface area contributed by atoms with Gasteiger partial charge >= 0.3 is 0 Å². The summed E-state index contributed by atoms with van der Waals surface area (Å²) in [7, 11) is 0. The topological polar surface area (TPSA) is 158 Å². The van der Waals surface area contributed by atoms with Gasteiger partial charge in [0, 0.05) is 31.4 Å². The Kier molecular flexibility index (Phi) is 5.36. The van der Waals surface area contributed by atoms with Crippen molar-refractivity contribution in [3.63, 3.8) is 0 Å². The number of anilines is 3. The van der Waals surface area contributed by atoms with E-state index in [2.05, 4.69) is 26.1 Å². The van der Waals surface area contributed by atoms with Crippen molar-refractivity contribution in [1.82, 2.24) is 35.2 Å². The zero-order valence-corrected chi connectivity index (χ0v) is 18.5. The highest BCUT2D eigenvalue weighted by atomic mass is 16.2. The molecule has 0 radical (unpaired) electrons. The quantitative estimate of drug-likeness (QED) is 0.362. The largest absolute Gasteiger partial charge is 0.364 e. The summed E-state index contributed by atoms with van der Waals surface area (Å²) in [6.45, 7) is 4.42. The van der Waals surface area contributed by atoms with E-state index < -0.39 is 11.4 Å². The number of aromatic amines is 1. The smallest absolute Gasteiger partial charge is 0.266 e. The van der Waals surface area contributed by atoms with E-state index in [9.17, 15) is 9.59 Å². The summed E-state index contributed by atoms with van der Waals surface area (Å²) in [5.74, 6) is 0.729. The van der Waals surface area contributed by atoms with Gasteiger partial charge in [-0.1, -0.05) is 0 Å². The Morgan fingerprint density at radius 3 is 2.94 bits per heavy atom. The lowest BCUT2D eigenvalue weighted by Crippen LogP contribution is -2.58. The van der Waals surface area contributed by atoms with Crippen LogP contribution in [0.5, 0.6) is 0 Å². The number of hydrogen-bond donors (Lipinski definition) is 5. The zero-order valence-electron chi connectivity index (χ0n) is 18.5. The molecule has 2 fully saturated rings. The Morgan fingerprint density at radius 1 is 1.30 bits per heavy atom. The van der Waals surface area contributed by atoms with E-state index in [4.69, 9.17) is 15.7 Å². The molecule has 0 aliphatic carbocycles. The second-order valence-corrected chi connectivity index (χ2v) is 8.79. The number of nitrogens with two attached hydrogens (primary N) is 1. The third-order valence-electron chi connectivity index (χ3n) is 6.46. The SMILES string of the molecule is C[C@@]1(C(=O)NC2CCCNC2)CCCN1c1nc(Nc2cc(C(N)=O)[nH]n2)n2cccc2n1. The third kappa shape index (κ3) is 3.97. The number of primary amides is 1. The predicted molar refractivity (Wildman–Crippen MR) is 122 cm³/mol. The van der Waals surface area contributed by atoms with Crippen LogP contribution in [0, 0.1) is 0 Å². The number of fused-ring (bicyclic) bond motifs is 1. The molecule has 5 rings (SSSR count). The molecule has 0 aromatic carbocycles. The minimum atomic E-state index is -0.745. The van der Waals surface area contributed by atoms with Gasteiger partial charge in [0.1, 0.15) is 16.9 Å². The Balaban J connectivity index is 1.44. The average molecular weight is 453 g/mol. The van der Waals surface area contributed by atoms with Crippen LogP contribution < -0.4 is 26.6 Å².